The maximum Gasteiger partial charge on any atom is 0.341 e. The largest absolute Gasteiger partial charge is 0.496 e. The quantitative estimate of drug-likeness (QED) is 0.616. The molecule has 0 fully saturated rings. The highest BCUT2D eigenvalue weighted by Crippen LogP contribution is 2.21. The molecule has 0 spiro atoms. The molecule has 2 aromatic carbocycles. The van der Waals surface area contributed by atoms with Crippen LogP contribution in [0.4, 0.5) is 0 Å². The lowest BCUT2D eigenvalue weighted by Crippen LogP contribution is -2.23. The number of sulfone groups is 1. The van der Waals surface area contributed by atoms with E-state index in [1.54, 1.807) is 18.2 Å². The number of amides is 1. The number of carbonyl (C=O) groups is 2. The second kappa shape index (κ2) is 10.0. The SMILES string of the molecule is COCCS(=O)(=O)c1ccc(C(=O)NCc2ccc(OC)c(C(=O)OC)c2)cc1. The number of rotatable bonds is 9. The molecule has 156 valence electrons. The first-order valence-corrected chi connectivity index (χ1v) is 10.3. The van der Waals surface area contributed by atoms with Crippen molar-refractivity contribution in [2.45, 2.75) is 11.4 Å². The first-order valence-electron chi connectivity index (χ1n) is 8.67. The summed E-state index contributed by atoms with van der Waals surface area (Å²) in [6.45, 7) is 0.265. The van der Waals surface area contributed by atoms with E-state index in [1.807, 2.05) is 0 Å². The minimum Gasteiger partial charge on any atom is -0.496 e. The molecule has 0 saturated carbocycles. The Bertz CT molecular complexity index is 969. The summed E-state index contributed by atoms with van der Waals surface area (Å²) in [5.41, 5.74) is 1.25. The van der Waals surface area contributed by atoms with Gasteiger partial charge in [-0.3, -0.25) is 4.79 Å². The van der Waals surface area contributed by atoms with Crippen molar-refractivity contribution in [2.75, 3.05) is 33.7 Å². The van der Waals surface area contributed by atoms with Gasteiger partial charge < -0.3 is 19.5 Å². The average molecular weight is 421 g/mol. The topological polar surface area (TPSA) is 108 Å². The Hall–Kier alpha value is -2.91. The number of hydrogen-bond acceptors (Lipinski definition) is 7. The highest BCUT2D eigenvalue weighted by molar-refractivity contribution is 7.91. The lowest BCUT2D eigenvalue weighted by molar-refractivity contribution is 0.0597. The molecule has 2 rings (SSSR count). The van der Waals surface area contributed by atoms with Gasteiger partial charge in [-0.15, -0.1) is 0 Å². The summed E-state index contributed by atoms with van der Waals surface area (Å²) in [5, 5.41) is 2.73. The molecule has 0 unspecified atom stereocenters. The minimum atomic E-state index is -3.45. The van der Waals surface area contributed by atoms with Crippen molar-refractivity contribution in [2.24, 2.45) is 0 Å². The first kappa shape index (κ1) is 22.4. The average Bonchev–Trinajstić information content (AvgIpc) is 2.75. The number of ether oxygens (including phenoxy) is 3. The fourth-order valence-electron chi connectivity index (χ4n) is 2.54. The van der Waals surface area contributed by atoms with Gasteiger partial charge in [0.2, 0.25) is 0 Å². The van der Waals surface area contributed by atoms with Crippen LogP contribution in [0.5, 0.6) is 5.75 Å². The maximum atomic E-state index is 12.4. The van der Waals surface area contributed by atoms with E-state index in [0.717, 1.165) is 0 Å². The molecule has 0 aliphatic heterocycles. The van der Waals surface area contributed by atoms with Crippen molar-refractivity contribution in [3.05, 3.63) is 59.2 Å². The predicted octanol–water partition coefficient (Wildman–Crippen LogP) is 1.83. The molecule has 1 amide bonds. The van der Waals surface area contributed by atoms with Crippen molar-refractivity contribution in [3.63, 3.8) is 0 Å². The molecule has 1 N–H and O–H groups in total. The van der Waals surface area contributed by atoms with Crippen LogP contribution in [0.2, 0.25) is 0 Å². The Balaban J connectivity index is 2.07. The van der Waals surface area contributed by atoms with Gasteiger partial charge in [-0.25, -0.2) is 13.2 Å². The van der Waals surface area contributed by atoms with E-state index in [1.165, 1.54) is 45.6 Å². The zero-order valence-corrected chi connectivity index (χ0v) is 17.2. The van der Waals surface area contributed by atoms with Crippen molar-refractivity contribution in [3.8, 4) is 5.75 Å². The number of esters is 1. The summed E-state index contributed by atoms with van der Waals surface area (Å²) in [4.78, 5) is 24.3. The maximum absolute atomic E-state index is 12.4. The highest BCUT2D eigenvalue weighted by Gasteiger charge is 2.16. The molecule has 0 aliphatic rings. The zero-order valence-electron chi connectivity index (χ0n) is 16.4. The van der Waals surface area contributed by atoms with Crippen molar-refractivity contribution in [1.82, 2.24) is 5.32 Å². The fourth-order valence-corrected chi connectivity index (χ4v) is 3.72. The molecule has 0 aromatic heterocycles. The van der Waals surface area contributed by atoms with E-state index in [-0.39, 0.29) is 35.3 Å². The number of benzene rings is 2. The Morgan fingerprint density at radius 3 is 2.28 bits per heavy atom. The molecule has 9 heteroatoms. The van der Waals surface area contributed by atoms with Crippen molar-refractivity contribution in [1.29, 1.82) is 0 Å². The van der Waals surface area contributed by atoms with E-state index in [4.69, 9.17) is 14.2 Å². The zero-order chi connectivity index (χ0) is 21.4. The van der Waals surface area contributed by atoms with Gasteiger partial charge in [0.1, 0.15) is 11.3 Å². The molecule has 0 saturated heterocycles. The van der Waals surface area contributed by atoms with Gasteiger partial charge in [-0.2, -0.15) is 0 Å². The standard InChI is InChI=1S/C20H23NO7S/c1-26-10-11-29(24,25)16-7-5-15(6-8-16)19(22)21-13-14-4-9-18(27-2)17(12-14)20(23)28-3/h4-9,12H,10-11,13H2,1-3H3,(H,21,22). The number of carbonyl (C=O) groups excluding carboxylic acids is 2. The summed E-state index contributed by atoms with van der Waals surface area (Å²) in [6, 6.07) is 10.6. The smallest absolute Gasteiger partial charge is 0.341 e. The van der Waals surface area contributed by atoms with Crippen LogP contribution in [0, 0.1) is 0 Å². The van der Waals surface area contributed by atoms with Crippen molar-refractivity contribution < 1.29 is 32.2 Å². The number of methoxy groups -OCH3 is 3. The summed E-state index contributed by atoms with van der Waals surface area (Å²) in [7, 11) is 0.696. The van der Waals surface area contributed by atoms with E-state index >= 15 is 0 Å². The third-order valence-electron chi connectivity index (χ3n) is 4.15. The lowest BCUT2D eigenvalue weighted by atomic mass is 10.1. The van der Waals surface area contributed by atoms with Crippen LogP contribution in [-0.2, 0) is 25.9 Å². The predicted molar refractivity (Wildman–Crippen MR) is 106 cm³/mol. The Kier molecular flexibility index (Phi) is 7.74. The normalized spacial score (nSPS) is 11.0. The Labute approximate surface area is 169 Å². The summed E-state index contributed by atoms with van der Waals surface area (Å²) >= 11 is 0. The molecule has 2 aromatic rings. The van der Waals surface area contributed by atoms with E-state index in [9.17, 15) is 18.0 Å². The van der Waals surface area contributed by atoms with Crippen LogP contribution in [-0.4, -0.2) is 54.0 Å². The molecular weight excluding hydrogens is 398 g/mol. The summed E-state index contributed by atoms with van der Waals surface area (Å²) in [5.74, 6) is -0.673. The molecule has 0 radical (unpaired) electrons. The lowest BCUT2D eigenvalue weighted by Gasteiger charge is -2.10. The van der Waals surface area contributed by atoms with Gasteiger partial charge in [0, 0.05) is 19.2 Å². The third-order valence-corrected chi connectivity index (χ3v) is 5.85. The van der Waals surface area contributed by atoms with E-state index < -0.39 is 15.8 Å². The van der Waals surface area contributed by atoms with Gasteiger partial charge in [0.15, 0.2) is 9.84 Å². The molecule has 8 nitrogen and oxygen atoms in total. The third kappa shape index (κ3) is 5.78. The molecule has 0 aliphatic carbocycles. The van der Waals surface area contributed by atoms with Gasteiger partial charge in [0.25, 0.3) is 5.91 Å². The molecule has 0 atom stereocenters. The number of nitrogens with one attached hydrogen (secondary N) is 1. The molecule has 29 heavy (non-hydrogen) atoms. The van der Waals surface area contributed by atoms with Crippen LogP contribution in [0.15, 0.2) is 47.4 Å². The monoisotopic (exact) mass is 421 g/mol. The van der Waals surface area contributed by atoms with Crippen LogP contribution in [0.3, 0.4) is 0 Å². The second-order valence-corrected chi connectivity index (χ2v) is 8.15. The van der Waals surface area contributed by atoms with Gasteiger partial charge in [0.05, 0.1) is 31.5 Å². The van der Waals surface area contributed by atoms with Crippen LogP contribution in [0.25, 0.3) is 0 Å². The van der Waals surface area contributed by atoms with Gasteiger partial charge >= 0.3 is 5.97 Å². The summed E-state index contributed by atoms with van der Waals surface area (Å²) in [6.07, 6.45) is 0. The Morgan fingerprint density at radius 2 is 1.69 bits per heavy atom. The number of hydrogen-bond donors (Lipinski definition) is 1. The highest BCUT2D eigenvalue weighted by atomic mass is 32.2. The fraction of sp³-hybridized carbons (Fsp3) is 0.300. The molecule has 0 heterocycles. The van der Waals surface area contributed by atoms with Crippen LogP contribution >= 0.6 is 0 Å². The van der Waals surface area contributed by atoms with Crippen LogP contribution < -0.4 is 10.1 Å². The van der Waals surface area contributed by atoms with Crippen molar-refractivity contribution >= 4 is 21.7 Å². The van der Waals surface area contributed by atoms with Crippen LogP contribution in [0.1, 0.15) is 26.3 Å². The van der Waals surface area contributed by atoms with Gasteiger partial charge in [-0.05, 0) is 42.0 Å². The van der Waals surface area contributed by atoms with E-state index in [0.29, 0.717) is 16.9 Å². The van der Waals surface area contributed by atoms with Gasteiger partial charge in [-0.1, -0.05) is 6.07 Å². The second-order valence-electron chi connectivity index (χ2n) is 6.04. The van der Waals surface area contributed by atoms with E-state index in [2.05, 4.69) is 5.32 Å². The Morgan fingerprint density at radius 1 is 1.00 bits per heavy atom. The first-order chi connectivity index (χ1) is 13.8. The molecular formula is C20H23NO7S. The molecule has 0 bridgehead atoms. The minimum absolute atomic E-state index is 0.0972. The summed E-state index contributed by atoms with van der Waals surface area (Å²) < 4.78 is 38.9.